The predicted molar refractivity (Wildman–Crippen MR) is 58.9 cm³/mol. The van der Waals surface area contributed by atoms with Gasteiger partial charge in [-0.05, 0) is 34.5 Å². The van der Waals surface area contributed by atoms with Crippen molar-refractivity contribution in [2.75, 3.05) is 11.9 Å². The molecule has 0 aliphatic rings. The van der Waals surface area contributed by atoms with Crippen LogP contribution in [0, 0.1) is 0 Å². The summed E-state index contributed by atoms with van der Waals surface area (Å²) < 4.78 is 1.03. The maximum absolute atomic E-state index is 9.00. The average Bonchev–Trinajstić information content (AvgIpc) is 2.17. The van der Waals surface area contributed by atoms with Gasteiger partial charge in [0.15, 0.2) is 0 Å². The van der Waals surface area contributed by atoms with Gasteiger partial charge in [-0.3, -0.25) is 0 Å². The molecule has 1 rings (SSSR count). The maximum Gasteiger partial charge on any atom is 0.0632 e. The van der Waals surface area contributed by atoms with E-state index in [0.717, 1.165) is 16.6 Å². The number of hydrogen-bond donors (Lipinski definition) is 2. The van der Waals surface area contributed by atoms with Crippen LogP contribution in [0.2, 0.25) is 0 Å². The number of halogens is 1. The lowest BCUT2D eigenvalue weighted by Crippen LogP contribution is -2.22. The topological polar surface area (TPSA) is 32.3 Å². The van der Waals surface area contributed by atoms with Crippen LogP contribution in [0.4, 0.5) is 5.69 Å². The van der Waals surface area contributed by atoms with Crippen LogP contribution < -0.4 is 5.32 Å². The van der Waals surface area contributed by atoms with Crippen molar-refractivity contribution >= 4 is 21.6 Å². The molecule has 0 bridgehead atoms. The molecule has 2 N–H and O–H groups in total. The third kappa shape index (κ3) is 3.01. The normalized spacial score (nSPS) is 12.5. The zero-order valence-corrected chi connectivity index (χ0v) is 9.21. The van der Waals surface area contributed by atoms with Gasteiger partial charge >= 0.3 is 0 Å². The molecule has 0 heterocycles. The van der Waals surface area contributed by atoms with E-state index in [-0.39, 0.29) is 12.6 Å². The van der Waals surface area contributed by atoms with Gasteiger partial charge in [0, 0.05) is 16.2 Å². The zero-order chi connectivity index (χ0) is 9.68. The van der Waals surface area contributed by atoms with Crippen molar-refractivity contribution in [3.05, 3.63) is 28.7 Å². The molecule has 72 valence electrons. The van der Waals surface area contributed by atoms with E-state index in [0.29, 0.717) is 0 Å². The Kier molecular flexibility index (Phi) is 4.25. The third-order valence-electron chi connectivity index (χ3n) is 1.95. The Labute approximate surface area is 87.1 Å². The molecule has 1 atom stereocenters. The molecule has 0 aliphatic heterocycles. The third-order valence-corrected chi connectivity index (χ3v) is 2.64. The molecular weight excluding hydrogens is 230 g/mol. The lowest BCUT2D eigenvalue weighted by molar-refractivity contribution is 0.272. The summed E-state index contributed by atoms with van der Waals surface area (Å²) in [6, 6.07) is 8.04. The van der Waals surface area contributed by atoms with Crippen LogP contribution in [0.5, 0.6) is 0 Å². The molecule has 1 unspecified atom stereocenters. The van der Waals surface area contributed by atoms with Gasteiger partial charge < -0.3 is 10.4 Å². The Morgan fingerprint density at radius 3 is 2.69 bits per heavy atom. The van der Waals surface area contributed by atoms with E-state index < -0.39 is 0 Å². The fourth-order valence-corrected chi connectivity index (χ4v) is 1.47. The monoisotopic (exact) mass is 243 g/mol. The van der Waals surface area contributed by atoms with E-state index in [4.69, 9.17) is 5.11 Å². The smallest absolute Gasteiger partial charge is 0.0632 e. The fourth-order valence-electron chi connectivity index (χ4n) is 1.07. The summed E-state index contributed by atoms with van der Waals surface area (Å²) in [5, 5.41) is 12.3. The lowest BCUT2D eigenvalue weighted by Gasteiger charge is -2.16. The first-order valence-corrected chi connectivity index (χ1v) is 5.19. The van der Waals surface area contributed by atoms with E-state index in [9.17, 15) is 0 Å². The fraction of sp³-hybridized carbons (Fsp3) is 0.400. The summed E-state index contributed by atoms with van der Waals surface area (Å²) in [6.07, 6.45) is 0.915. The SMILES string of the molecule is CCC(CO)Nc1ccccc1Br. The first-order chi connectivity index (χ1) is 6.27. The standard InChI is InChI=1S/C10H14BrNO/c1-2-8(7-13)12-10-6-4-3-5-9(10)11/h3-6,8,12-13H,2,7H2,1H3. The second kappa shape index (κ2) is 5.25. The number of aliphatic hydroxyl groups excluding tert-OH is 1. The summed E-state index contributed by atoms with van der Waals surface area (Å²) in [5.41, 5.74) is 1.03. The lowest BCUT2D eigenvalue weighted by atomic mass is 10.2. The molecule has 2 nitrogen and oxygen atoms in total. The van der Waals surface area contributed by atoms with Crippen LogP contribution in [0.1, 0.15) is 13.3 Å². The van der Waals surface area contributed by atoms with Crippen LogP contribution in [0.3, 0.4) is 0 Å². The van der Waals surface area contributed by atoms with Crippen molar-refractivity contribution in [2.24, 2.45) is 0 Å². The largest absolute Gasteiger partial charge is 0.394 e. The minimum absolute atomic E-state index is 0.138. The van der Waals surface area contributed by atoms with Gasteiger partial charge in [-0.25, -0.2) is 0 Å². The van der Waals surface area contributed by atoms with Gasteiger partial charge in [-0.2, -0.15) is 0 Å². The summed E-state index contributed by atoms with van der Waals surface area (Å²) in [6.45, 7) is 2.21. The van der Waals surface area contributed by atoms with Crippen molar-refractivity contribution in [3.63, 3.8) is 0 Å². The van der Waals surface area contributed by atoms with Crippen molar-refractivity contribution in [1.82, 2.24) is 0 Å². The predicted octanol–water partition coefficient (Wildman–Crippen LogP) is 2.63. The number of para-hydroxylation sites is 1. The van der Waals surface area contributed by atoms with Gasteiger partial charge in [-0.15, -0.1) is 0 Å². The van der Waals surface area contributed by atoms with E-state index >= 15 is 0 Å². The zero-order valence-electron chi connectivity index (χ0n) is 7.63. The van der Waals surface area contributed by atoms with Gasteiger partial charge in [0.05, 0.1) is 6.61 Å². The molecule has 0 radical (unpaired) electrons. The first-order valence-electron chi connectivity index (χ1n) is 4.39. The number of aliphatic hydroxyl groups is 1. The average molecular weight is 244 g/mol. The number of anilines is 1. The summed E-state index contributed by atoms with van der Waals surface area (Å²) in [4.78, 5) is 0. The molecule has 3 heteroatoms. The highest BCUT2D eigenvalue weighted by atomic mass is 79.9. The highest BCUT2D eigenvalue weighted by molar-refractivity contribution is 9.10. The van der Waals surface area contributed by atoms with Gasteiger partial charge in [0.25, 0.3) is 0 Å². The Morgan fingerprint density at radius 2 is 2.15 bits per heavy atom. The Morgan fingerprint density at radius 1 is 1.46 bits per heavy atom. The van der Waals surface area contributed by atoms with Crippen molar-refractivity contribution in [3.8, 4) is 0 Å². The molecule has 0 saturated heterocycles. The molecule has 13 heavy (non-hydrogen) atoms. The molecule has 0 saturated carbocycles. The van der Waals surface area contributed by atoms with Crippen LogP contribution in [0.15, 0.2) is 28.7 Å². The number of hydrogen-bond acceptors (Lipinski definition) is 2. The van der Waals surface area contributed by atoms with E-state index in [1.165, 1.54) is 0 Å². The van der Waals surface area contributed by atoms with Gasteiger partial charge in [0.1, 0.15) is 0 Å². The first kappa shape index (κ1) is 10.5. The van der Waals surface area contributed by atoms with Gasteiger partial charge in [0.2, 0.25) is 0 Å². The van der Waals surface area contributed by atoms with Crippen LogP contribution >= 0.6 is 15.9 Å². The highest BCUT2D eigenvalue weighted by Gasteiger charge is 2.05. The summed E-state index contributed by atoms with van der Waals surface area (Å²) in [7, 11) is 0. The Hall–Kier alpha value is -0.540. The summed E-state index contributed by atoms with van der Waals surface area (Å²) in [5.74, 6) is 0. The molecule has 0 aliphatic carbocycles. The molecule has 1 aromatic carbocycles. The summed E-state index contributed by atoms with van der Waals surface area (Å²) >= 11 is 3.44. The van der Waals surface area contributed by atoms with Crippen LogP contribution in [-0.4, -0.2) is 17.8 Å². The second-order valence-electron chi connectivity index (χ2n) is 2.91. The second-order valence-corrected chi connectivity index (χ2v) is 3.77. The molecule has 1 aromatic rings. The Balaban J connectivity index is 2.67. The number of benzene rings is 1. The van der Waals surface area contributed by atoms with Crippen molar-refractivity contribution in [1.29, 1.82) is 0 Å². The van der Waals surface area contributed by atoms with Crippen molar-refractivity contribution < 1.29 is 5.11 Å². The molecule has 0 amide bonds. The van der Waals surface area contributed by atoms with Gasteiger partial charge in [-0.1, -0.05) is 19.1 Å². The molecule has 0 fully saturated rings. The molecule has 0 spiro atoms. The minimum atomic E-state index is 0.138. The minimum Gasteiger partial charge on any atom is -0.394 e. The van der Waals surface area contributed by atoms with Crippen LogP contribution in [0.25, 0.3) is 0 Å². The molecule has 0 aromatic heterocycles. The van der Waals surface area contributed by atoms with Crippen molar-refractivity contribution in [2.45, 2.75) is 19.4 Å². The quantitative estimate of drug-likeness (QED) is 0.853. The van der Waals surface area contributed by atoms with E-state index in [1.807, 2.05) is 31.2 Å². The number of nitrogens with one attached hydrogen (secondary N) is 1. The highest BCUT2D eigenvalue weighted by Crippen LogP contribution is 2.22. The number of rotatable bonds is 4. The molecular formula is C10H14BrNO. The maximum atomic E-state index is 9.00. The van der Waals surface area contributed by atoms with E-state index in [2.05, 4.69) is 21.2 Å². The van der Waals surface area contributed by atoms with Crippen LogP contribution in [-0.2, 0) is 0 Å². The Bertz CT molecular complexity index is 261. The van der Waals surface area contributed by atoms with E-state index in [1.54, 1.807) is 0 Å².